The first kappa shape index (κ1) is 15.7. The third kappa shape index (κ3) is 2.82. The maximum Gasteiger partial charge on any atom is 0.254 e. The highest BCUT2D eigenvalue weighted by atomic mass is 16.5. The Kier molecular flexibility index (Phi) is 3.95. The van der Waals surface area contributed by atoms with Gasteiger partial charge >= 0.3 is 0 Å². The van der Waals surface area contributed by atoms with Crippen LogP contribution in [0.5, 0.6) is 5.88 Å². The summed E-state index contributed by atoms with van der Waals surface area (Å²) >= 11 is 0. The minimum absolute atomic E-state index is 0.392. The zero-order chi connectivity index (χ0) is 17.9. The van der Waals surface area contributed by atoms with Gasteiger partial charge in [0.25, 0.3) is 5.95 Å². The predicted molar refractivity (Wildman–Crippen MR) is 92.8 cm³/mol. The standard InChI is InChI=1S/C18H13N7O/c1-26-17-13(3-2-6-20-17)8-16-21-11-22-18(24-16)25-15-7-12(9-19)4-5-14(15)10-23-25/h2-7,10-11H,8H2,1H3. The Morgan fingerprint density at radius 3 is 2.96 bits per heavy atom. The van der Waals surface area contributed by atoms with E-state index in [1.807, 2.05) is 18.2 Å². The van der Waals surface area contributed by atoms with Gasteiger partial charge in [-0.05, 0) is 24.3 Å². The lowest BCUT2D eigenvalue weighted by Crippen LogP contribution is -2.07. The number of ether oxygens (including phenoxy) is 1. The Balaban J connectivity index is 1.74. The van der Waals surface area contributed by atoms with E-state index in [0.29, 0.717) is 29.6 Å². The highest BCUT2D eigenvalue weighted by Gasteiger charge is 2.11. The highest BCUT2D eigenvalue weighted by Crippen LogP contribution is 2.19. The van der Waals surface area contributed by atoms with Crippen LogP contribution in [-0.2, 0) is 6.42 Å². The van der Waals surface area contributed by atoms with Crippen LogP contribution in [-0.4, -0.2) is 36.8 Å². The van der Waals surface area contributed by atoms with E-state index in [1.54, 1.807) is 36.3 Å². The average Bonchev–Trinajstić information content (AvgIpc) is 3.11. The molecule has 126 valence electrons. The van der Waals surface area contributed by atoms with Crippen LogP contribution in [0.3, 0.4) is 0 Å². The van der Waals surface area contributed by atoms with Gasteiger partial charge in [-0.3, -0.25) is 0 Å². The van der Waals surface area contributed by atoms with Crippen molar-refractivity contribution in [2.45, 2.75) is 6.42 Å². The van der Waals surface area contributed by atoms with Crippen molar-refractivity contribution in [3.63, 3.8) is 0 Å². The topological polar surface area (TPSA) is 102 Å². The van der Waals surface area contributed by atoms with Gasteiger partial charge in [0.15, 0.2) is 0 Å². The first-order chi connectivity index (χ1) is 12.8. The van der Waals surface area contributed by atoms with Gasteiger partial charge in [-0.15, -0.1) is 0 Å². The van der Waals surface area contributed by atoms with Crippen LogP contribution in [0.4, 0.5) is 0 Å². The predicted octanol–water partition coefficient (Wildman–Crippen LogP) is 2.08. The number of benzene rings is 1. The van der Waals surface area contributed by atoms with Crippen molar-refractivity contribution < 1.29 is 4.74 Å². The molecule has 8 nitrogen and oxygen atoms in total. The number of hydrogen-bond acceptors (Lipinski definition) is 7. The monoisotopic (exact) mass is 343 g/mol. The minimum atomic E-state index is 0.392. The number of nitriles is 1. The molecule has 0 saturated carbocycles. The summed E-state index contributed by atoms with van der Waals surface area (Å²) in [5.41, 5.74) is 2.19. The molecular formula is C18H13N7O. The summed E-state index contributed by atoms with van der Waals surface area (Å²) in [6.07, 6.45) is 5.28. The van der Waals surface area contributed by atoms with E-state index in [9.17, 15) is 0 Å². The van der Waals surface area contributed by atoms with Crippen molar-refractivity contribution >= 4 is 10.9 Å². The zero-order valence-electron chi connectivity index (χ0n) is 13.9. The largest absolute Gasteiger partial charge is 0.481 e. The zero-order valence-corrected chi connectivity index (χ0v) is 13.9. The van der Waals surface area contributed by atoms with Crippen molar-refractivity contribution in [2.75, 3.05) is 7.11 Å². The molecule has 8 heteroatoms. The molecule has 3 aromatic heterocycles. The summed E-state index contributed by atoms with van der Waals surface area (Å²) in [5.74, 6) is 1.50. The number of nitrogens with zero attached hydrogens (tertiary/aromatic N) is 7. The maximum atomic E-state index is 9.11. The van der Waals surface area contributed by atoms with Crippen LogP contribution in [0, 0.1) is 11.3 Å². The molecule has 4 aromatic rings. The fourth-order valence-electron chi connectivity index (χ4n) is 2.67. The van der Waals surface area contributed by atoms with Gasteiger partial charge in [0.2, 0.25) is 5.88 Å². The molecular weight excluding hydrogens is 330 g/mol. The first-order valence-corrected chi connectivity index (χ1v) is 7.82. The van der Waals surface area contributed by atoms with Crippen LogP contribution in [0.25, 0.3) is 16.9 Å². The molecule has 1 aromatic carbocycles. The van der Waals surface area contributed by atoms with Crippen molar-refractivity contribution in [1.29, 1.82) is 5.26 Å². The summed E-state index contributed by atoms with van der Waals surface area (Å²) in [7, 11) is 1.58. The molecule has 0 amide bonds. The third-order valence-electron chi connectivity index (χ3n) is 3.89. The van der Waals surface area contributed by atoms with E-state index in [2.05, 4.69) is 31.1 Å². The fourth-order valence-corrected chi connectivity index (χ4v) is 2.67. The molecule has 0 radical (unpaired) electrons. The molecule has 0 spiro atoms. The second-order valence-electron chi connectivity index (χ2n) is 5.49. The smallest absolute Gasteiger partial charge is 0.254 e. The number of pyridine rings is 1. The number of fused-ring (bicyclic) bond motifs is 1. The Bertz CT molecular complexity index is 1130. The van der Waals surface area contributed by atoms with E-state index in [4.69, 9.17) is 10.00 Å². The fraction of sp³-hybridized carbons (Fsp3) is 0.111. The molecule has 0 bridgehead atoms. The summed E-state index contributed by atoms with van der Waals surface area (Å²) in [5, 5.41) is 14.4. The van der Waals surface area contributed by atoms with Crippen LogP contribution in [0.2, 0.25) is 0 Å². The summed E-state index contributed by atoms with van der Waals surface area (Å²) < 4.78 is 6.87. The molecule has 0 unspecified atom stereocenters. The number of aromatic nitrogens is 6. The number of hydrogen-bond donors (Lipinski definition) is 0. The SMILES string of the molecule is COc1ncccc1Cc1ncnc(-n2ncc3ccc(C#N)cc32)n1. The Morgan fingerprint density at radius 1 is 1.19 bits per heavy atom. The highest BCUT2D eigenvalue weighted by molar-refractivity contribution is 5.81. The lowest BCUT2D eigenvalue weighted by atomic mass is 10.2. The summed E-state index contributed by atoms with van der Waals surface area (Å²) in [6.45, 7) is 0. The van der Waals surface area contributed by atoms with E-state index in [0.717, 1.165) is 16.5 Å². The van der Waals surface area contributed by atoms with Crippen molar-refractivity contribution in [3.05, 3.63) is 66.0 Å². The lowest BCUT2D eigenvalue weighted by Gasteiger charge is -2.07. The maximum absolute atomic E-state index is 9.11. The van der Waals surface area contributed by atoms with E-state index < -0.39 is 0 Å². The van der Waals surface area contributed by atoms with Gasteiger partial charge in [0.05, 0.1) is 30.5 Å². The van der Waals surface area contributed by atoms with Crippen LogP contribution in [0.1, 0.15) is 17.0 Å². The molecule has 0 aliphatic rings. The quantitative estimate of drug-likeness (QED) is 0.559. The Hall–Kier alpha value is -3.86. The second kappa shape index (κ2) is 6.57. The molecule has 0 atom stereocenters. The average molecular weight is 343 g/mol. The Labute approximate surface area is 148 Å². The van der Waals surface area contributed by atoms with E-state index in [-0.39, 0.29) is 0 Å². The van der Waals surface area contributed by atoms with Crippen molar-refractivity contribution in [2.24, 2.45) is 0 Å². The van der Waals surface area contributed by atoms with Crippen LogP contribution >= 0.6 is 0 Å². The van der Waals surface area contributed by atoms with Gasteiger partial charge in [-0.1, -0.05) is 6.07 Å². The molecule has 4 rings (SSSR count). The van der Waals surface area contributed by atoms with E-state index >= 15 is 0 Å². The van der Waals surface area contributed by atoms with Gasteiger partial charge in [-0.25, -0.2) is 9.97 Å². The molecule has 0 aliphatic carbocycles. The van der Waals surface area contributed by atoms with Crippen molar-refractivity contribution in [3.8, 4) is 17.9 Å². The van der Waals surface area contributed by atoms with E-state index in [1.165, 1.54) is 6.33 Å². The molecule has 0 aliphatic heterocycles. The molecule has 0 saturated heterocycles. The third-order valence-corrected chi connectivity index (χ3v) is 3.89. The Morgan fingerprint density at radius 2 is 2.12 bits per heavy atom. The van der Waals surface area contributed by atoms with Crippen molar-refractivity contribution in [1.82, 2.24) is 29.7 Å². The molecule has 26 heavy (non-hydrogen) atoms. The van der Waals surface area contributed by atoms with Gasteiger partial charge < -0.3 is 4.74 Å². The second-order valence-corrected chi connectivity index (χ2v) is 5.49. The number of rotatable bonds is 4. The molecule has 3 heterocycles. The summed E-state index contributed by atoms with van der Waals surface area (Å²) in [6, 6.07) is 11.2. The van der Waals surface area contributed by atoms with Crippen LogP contribution < -0.4 is 4.74 Å². The minimum Gasteiger partial charge on any atom is -0.481 e. The van der Waals surface area contributed by atoms with Gasteiger partial charge in [0.1, 0.15) is 12.2 Å². The normalized spacial score (nSPS) is 10.6. The molecule has 0 fully saturated rings. The number of methoxy groups -OCH3 is 1. The molecule has 0 N–H and O–H groups in total. The first-order valence-electron chi connectivity index (χ1n) is 7.82. The summed E-state index contributed by atoms with van der Waals surface area (Å²) in [4.78, 5) is 17.1. The van der Waals surface area contributed by atoms with Gasteiger partial charge in [0, 0.05) is 23.6 Å². The van der Waals surface area contributed by atoms with Gasteiger partial charge in [-0.2, -0.15) is 25.0 Å². The van der Waals surface area contributed by atoms with Crippen LogP contribution in [0.15, 0.2) is 49.1 Å². The lowest BCUT2D eigenvalue weighted by molar-refractivity contribution is 0.393.